The van der Waals surface area contributed by atoms with E-state index in [0.29, 0.717) is 18.5 Å². The number of halogens is 2. The van der Waals surface area contributed by atoms with E-state index in [2.05, 4.69) is 42.2 Å². The molecule has 2 rings (SSSR count). The van der Waals surface area contributed by atoms with Gasteiger partial charge in [0, 0.05) is 25.0 Å². The summed E-state index contributed by atoms with van der Waals surface area (Å²) in [5, 5.41) is 8.10. The number of ether oxygens (including phenoxy) is 1. The zero-order chi connectivity index (χ0) is 14.2. The van der Waals surface area contributed by atoms with Gasteiger partial charge in [-0.25, -0.2) is 13.1 Å². The van der Waals surface area contributed by atoms with Crippen LogP contribution in [0.2, 0.25) is 0 Å². The van der Waals surface area contributed by atoms with E-state index in [1.54, 1.807) is 7.05 Å². The van der Waals surface area contributed by atoms with Gasteiger partial charge in [-0.15, -0.1) is 5.10 Å². The van der Waals surface area contributed by atoms with Crippen LogP contribution in [-0.4, -0.2) is 58.3 Å². The molecule has 10 heteroatoms. The molecule has 0 aliphatic carbocycles. The van der Waals surface area contributed by atoms with Crippen LogP contribution in [-0.2, 0) is 21.8 Å². The van der Waals surface area contributed by atoms with E-state index in [9.17, 15) is 8.42 Å². The van der Waals surface area contributed by atoms with Crippen molar-refractivity contribution in [3.8, 4) is 0 Å². The minimum atomic E-state index is -3.65. The summed E-state index contributed by atoms with van der Waals surface area (Å²) in [7, 11) is -2.10. The molecule has 1 fully saturated rings. The summed E-state index contributed by atoms with van der Waals surface area (Å²) in [5.74, 6) is 0. The van der Waals surface area contributed by atoms with Crippen molar-refractivity contribution in [1.82, 2.24) is 19.3 Å². The summed E-state index contributed by atoms with van der Waals surface area (Å²) in [6.45, 7) is 2.50. The summed E-state index contributed by atoms with van der Waals surface area (Å²) < 4.78 is 33.8. The number of aromatic nitrogens is 3. The van der Waals surface area contributed by atoms with Gasteiger partial charge in [0.25, 0.3) is 10.0 Å². The maximum atomic E-state index is 12.7. The average Bonchev–Trinajstić information content (AvgIpc) is 2.70. The molecule has 0 saturated carbocycles. The molecule has 19 heavy (non-hydrogen) atoms. The minimum absolute atomic E-state index is 0.0644. The SMILES string of the molecule is CC1COC(CBr)CN1S(=O)(=O)c1c(Br)nnn1C. The van der Waals surface area contributed by atoms with Crippen LogP contribution in [0.3, 0.4) is 0 Å². The van der Waals surface area contributed by atoms with Gasteiger partial charge in [0.15, 0.2) is 4.60 Å². The van der Waals surface area contributed by atoms with Crippen LogP contribution >= 0.6 is 31.9 Å². The van der Waals surface area contributed by atoms with Gasteiger partial charge in [0.1, 0.15) is 0 Å². The Morgan fingerprint density at radius 3 is 2.74 bits per heavy atom. The van der Waals surface area contributed by atoms with E-state index in [1.165, 1.54) is 8.99 Å². The van der Waals surface area contributed by atoms with Crippen LogP contribution in [0.1, 0.15) is 6.92 Å². The average molecular weight is 418 g/mol. The highest BCUT2D eigenvalue weighted by Gasteiger charge is 2.38. The molecule has 0 bridgehead atoms. The molecular weight excluding hydrogens is 404 g/mol. The predicted molar refractivity (Wildman–Crippen MR) is 75.6 cm³/mol. The number of alkyl halides is 1. The van der Waals surface area contributed by atoms with Crippen molar-refractivity contribution < 1.29 is 13.2 Å². The van der Waals surface area contributed by atoms with Gasteiger partial charge >= 0.3 is 0 Å². The van der Waals surface area contributed by atoms with Crippen molar-refractivity contribution in [2.45, 2.75) is 24.1 Å². The quantitative estimate of drug-likeness (QED) is 0.678. The maximum Gasteiger partial charge on any atom is 0.263 e. The molecule has 0 aromatic carbocycles. The lowest BCUT2D eigenvalue weighted by atomic mass is 10.2. The van der Waals surface area contributed by atoms with Crippen LogP contribution in [0.4, 0.5) is 0 Å². The van der Waals surface area contributed by atoms with Crippen LogP contribution in [0.25, 0.3) is 0 Å². The van der Waals surface area contributed by atoms with Crippen molar-refractivity contribution in [2.24, 2.45) is 7.05 Å². The molecular formula is C9H14Br2N4O3S. The molecule has 1 aromatic heterocycles. The van der Waals surface area contributed by atoms with E-state index in [-0.39, 0.29) is 21.8 Å². The maximum absolute atomic E-state index is 12.7. The Morgan fingerprint density at radius 2 is 2.21 bits per heavy atom. The number of sulfonamides is 1. The first-order valence-corrected chi connectivity index (χ1v) is 8.98. The monoisotopic (exact) mass is 416 g/mol. The van der Waals surface area contributed by atoms with Crippen LogP contribution in [0.5, 0.6) is 0 Å². The highest BCUT2D eigenvalue weighted by molar-refractivity contribution is 9.10. The van der Waals surface area contributed by atoms with E-state index in [0.717, 1.165) is 0 Å². The van der Waals surface area contributed by atoms with Crippen LogP contribution in [0, 0.1) is 0 Å². The van der Waals surface area contributed by atoms with E-state index < -0.39 is 10.0 Å². The highest BCUT2D eigenvalue weighted by atomic mass is 79.9. The molecule has 1 aliphatic heterocycles. The van der Waals surface area contributed by atoms with Crippen LogP contribution in [0.15, 0.2) is 9.63 Å². The minimum Gasteiger partial charge on any atom is -0.374 e. The molecule has 108 valence electrons. The molecule has 2 heterocycles. The first kappa shape index (κ1) is 15.4. The normalized spacial score (nSPS) is 25.7. The summed E-state index contributed by atoms with van der Waals surface area (Å²) >= 11 is 6.45. The summed E-state index contributed by atoms with van der Waals surface area (Å²) in [6, 6.07) is -0.220. The van der Waals surface area contributed by atoms with Crippen molar-refractivity contribution in [3.05, 3.63) is 4.60 Å². The van der Waals surface area contributed by atoms with E-state index in [1.807, 2.05) is 6.92 Å². The lowest BCUT2D eigenvalue weighted by Crippen LogP contribution is -2.51. The Labute approximate surface area is 128 Å². The Hall–Kier alpha value is -0.0300. The predicted octanol–water partition coefficient (Wildman–Crippen LogP) is 0.751. The zero-order valence-electron chi connectivity index (χ0n) is 10.5. The fourth-order valence-corrected chi connectivity index (χ4v) is 5.00. The van der Waals surface area contributed by atoms with Gasteiger partial charge in [0.05, 0.1) is 12.7 Å². The third kappa shape index (κ3) is 2.87. The largest absolute Gasteiger partial charge is 0.374 e. The van der Waals surface area contributed by atoms with Gasteiger partial charge in [-0.2, -0.15) is 4.31 Å². The van der Waals surface area contributed by atoms with Crippen molar-refractivity contribution >= 4 is 41.9 Å². The molecule has 1 saturated heterocycles. The Kier molecular flexibility index (Phi) is 4.66. The van der Waals surface area contributed by atoms with Gasteiger partial charge in [-0.05, 0) is 22.9 Å². The topological polar surface area (TPSA) is 77.3 Å². The third-order valence-corrected chi connectivity index (χ3v) is 6.50. The second-order valence-corrected chi connectivity index (χ2v) is 7.55. The smallest absolute Gasteiger partial charge is 0.263 e. The number of aryl methyl sites for hydroxylation is 1. The van der Waals surface area contributed by atoms with Gasteiger partial charge in [0.2, 0.25) is 5.03 Å². The molecule has 0 radical (unpaired) electrons. The molecule has 0 amide bonds. The Bertz CT molecular complexity index is 542. The number of morpholine rings is 1. The van der Waals surface area contributed by atoms with Crippen molar-refractivity contribution in [2.75, 3.05) is 18.5 Å². The molecule has 1 aromatic rings. The lowest BCUT2D eigenvalue weighted by Gasteiger charge is -2.36. The molecule has 2 atom stereocenters. The number of nitrogens with zero attached hydrogens (tertiary/aromatic N) is 4. The second-order valence-electron chi connectivity index (χ2n) is 4.34. The lowest BCUT2D eigenvalue weighted by molar-refractivity contribution is -0.0141. The summed E-state index contributed by atoms with van der Waals surface area (Å²) in [4.78, 5) is 0. The fourth-order valence-electron chi connectivity index (χ4n) is 1.93. The standard InChI is InChI=1S/C9H14Br2N4O3S/c1-6-5-18-7(3-10)4-15(6)19(16,17)9-8(11)12-13-14(9)2/h6-7H,3-5H2,1-2H3. The van der Waals surface area contributed by atoms with E-state index in [4.69, 9.17) is 4.74 Å². The van der Waals surface area contributed by atoms with Crippen molar-refractivity contribution in [1.29, 1.82) is 0 Å². The third-order valence-electron chi connectivity index (χ3n) is 2.91. The van der Waals surface area contributed by atoms with Gasteiger partial charge in [-0.1, -0.05) is 21.1 Å². The number of hydrogen-bond acceptors (Lipinski definition) is 5. The van der Waals surface area contributed by atoms with E-state index >= 15 is 0 Å². The van der Waals surface area contributed by atoms with Crippen LogP contribution < -0.4 is 0 Å². The number of rotatable bonds is 3. The molecule has 7 nitrogen and oxygen atoms in total. The molecule has 1 aliphatic rings. The van der Waals surface area contributed by atoms with Gasteiger partial charge in [-0.3, -0.25) is 0 Å². The highest BCUT2D eigenvalue weighted by Crippen LogP contribution is 2.26. The molecule has 2 unspecified atom stereocenters. The van der Waals surface area contributed by atoms with Gasteiger partial charge < -0.3 is 4.74 Å². The first-order valence-electron chi connectivity index (χ1n) is 5.62. The summed E-state index contributed by atoms with van der Waals surface area (Å²) in [6.07, 6.45) is -0.147. The Balaban J connectivity index is 2.38. The summed E-state index contributed by atoms with van der Waals surface area (Å²) in [5.41, 5.74) is 0. The zero-order valence-corrected chi connectivity index (χ0v) is 14.4. The Morgan fingerprint density at radius 1 is 1.53 bits per heavy atom. The molecule has 0 spiro atoms. The fraction of sp³-hybridized carbons (Fsp3) is 0.778. The second kappa shape index (κ2) is 5.76. The first-order chi connectivity index (χ1) is 8.87. The van der Waals surface area contributed by atoms with Crippen molar-refractivity contribution in [3.63, 3.8) is 0 Å². The number of hydrogen-bond donors (Lipinski definition) is 0. The molecule has 0 N–H and O–H groups in total.